The third kappa shape index (κ3) is 3.36. The molecule has 20 heavy (non-hydrogen) atoms. The van der Waals surface area contributed by atoms with E-state index in [1.807, 2.05) is 11.8 Å². The standard InChI is InChI=1S/C13H23N5O2/c1-9-11(17-14)15-12(10-3-4-10)16-13(9)18(5-7-19)6-8-20-2/h10,19H,3-8,14H2,1-2H3,(H,15,16,17). The average molecular weight is 281 g/mol. The summed E-state index contributed by atoms with van der Waals surface area (Å²) in [5, 5.41) is 9.24. The minimum atomic E-state index is 0.0668. The average Bonchev–Trinajstić information content (AvgIpc) is 3.28. The summed E-state index contributed by atoms with van der Waals surface area (Å²) in [6.45, 7) is 3.75. The van der Waals surface area contributed by atoms with Crippen LogP contribution in [0.25, 0.3) is 0 Å². The number of anilines is 2. The molecule has 2 rings (SSSR count). The van der Waals surface area contributed by atoms with Gasteiger partial charge in [0.15, 0.2) is 0 Å². The van der Waals surface area contributed by atoms with Gasteiger partial charge in [-0.25, -0.2) is 15.8 Å². The summed E-state index contributed by atoms with van der Waals surface area (Å²) in [5.41, 5.74) is 3.53. The molecule has 0 unspecified atom stereocenters. The Kier molecular flexibility index (Phi) is 5.11. The Morgan fingerprint density at radius 1 is 1.40 bits per heavy atom. The van der Waals surface area contributed by atoms with Gasteiger partial charge in [0.05, 0.1) is 13.2 Å². The Morgan fingerprint density at radius 2 is 2.15 bits per heavy atom. The Morgan fingerprint density at radius 3 is 2.70 bits per heavy atom. The van der Waals surface area contributed by atoms with Crippen LogP contribution in [0, 0.1) is 6.92 Å². The number of ether oxygens (including phenoxy) is 1. The maximum absolute atomic E-state index is 9.24. The molecule has 0 spiro atoms. The van der Waals surface area contributed by atoms with E-state index in [1.165, 1.54) is 0 Å². The lowest BCUT2D eigenvalue weighted by molar-refractivity contribution is 0.202. The Hall–Kier alpha value is -1.44. The van der Waals surface area contributed by atoms with E-state index in [0.29, 0.717) is 31.4 Å². The maximum Gasteiger partial charge on any atom is 0.148 e. The molecule has 0 aromatic carbocycles. The van der Waals surface area contributed by atoms with Crippen LogP contribution in [0.5, 0.6) is 0 Å². The highest BCUT2D eigenvalue weighted by Gasteiger charge is 2.29. The number of nitrogens with zero attached hydrogens (tertiary/aromatic N) is 3. The van der Waals surface area contributed by atoms with E-state index in [4.69, 9.17) is 10.6 Å². The number of methoxy groups -OCH3 is 1. The van der Waals surface area contributed by atoms with Crippen LogP contribution in [0.3, 0.4) is 0 Å². The zero-order valence-corrected chi connectivity index (χ0v) is 12.1. The quantitative estimate of drug-likeness (QED) is 0.468. The van der Waals surface area contributed by atoms with Crippen molar-refractivity contribution in [1.82, 2.24) is 9.97 Å². The van der Waals surface area contributed by atoms with E-state index in [1.54, 1.807) is 7.11 Å². The van der Waals surface area contributed by atoms with Gasteiger partial charge < -0.3 is 20.2 Å². The summed E-state index contributed by atoms with van der Waals surface area (Å²) in [5.74, 6) is 8.30. The van der Waals surface area contributed by atoms with Crippen LogP contribution in [0.15, 0.2) is 0 Å². The first kappa shape index (κ1) is 15.0. The molecule has 1 heterocycles. The molecule has 0 atom stereocenters. The molecule has 0 aliphatic heterocycles. The van der Waals surface area contributed by atoms with Gasteiger partial charge in [0.25, 0.3) is 0 Å². The van der Waals surface area contributed by atoms with Gasteiger partial charge in [-0.3, -0.25) is 0 Å². The topological polar surface area (TPSA) is 96.5 Å². The van der Waals surface area contributed by atoms with Crippen molar-refractivity contribution in [2.24, 2.45) is 5.84 Å². The van der Waals surface area contributed by atoms with E-state index in [2.05, 4.69) is 15.4 Å². The number of aliphatic hydroxyl groups excluding tert-OH is 1. The molecule has 1 fully saturated rings. The van der Waals surface area contributed by atoms with Crippen LogP contribution in [-0.2, 0) is 4.74 Å². The normalized spacial score (nSPS) is 14.4. The van der Waals surface area contributed by atoms with E-state index < -0.39 is 0 Å². The number of aromatic nitrogens is 2. The number of aliphatic hydroxyl groups is 1. The fourth-order valence-corrected chi connectivity index (χ4v) is 2.14. The van der Waals surface area contributed by atoms with Crippen molar-refractivity contribution in [2.45, 2.75) is 25.7 Å². The molecule has 0 amide bonds. The Labute approximate surface area is 119 Å². The van der Waals surface area contributed by atoms with E-state index >= 15 is 0 Å². The van der Waals surface area contributed by atoms with Crippen molar-refractivity contribution >= 4 is 11.6 Å². The van der Waals surface area contributed by atoms with Crippen molar-refractivity contribution in [3.63, 3.8) is 0 Å². The summed E-state index contributed by atoms with van der Waals surface area (Å²) >= 11 is 0. The largest absolute Gasteiger partial charge is 0.395 e. The van der Waals surface area contributed by atoms with Gasteiger partial charge in [-0.15, -0.1) is 0 Å². The summed E-state index contributed by atoms with van der Waals surface area (Å²) in [7, 11) is 1.66. The number of nitrogens with one attached hydrogen (secondary N) is 1. The molecule has 7 heteroatoms. The minimum Gasteiger partial charge on any atom is -0.395 e. The van der Waals surface area contributed by atoms with Crippen LogP contribution in [0.4, 0.5) is 11.6 Å². The van der Waals surface area contributed by atoms with Crippen LogP contribution < -0.4 is 16.2 Å². The van der Waals surface area contributed by atoms with Crippen LogP contribution >= 0.6 is 0 Å². The van der Waals surface area contributed by atoms with Crippen molar-refractivity contribution in [3.05, 3.63) is 11.4 Å². The molecule has 7 nitrogen and oxygen atoms in total. The second-order valence-electron chi connectivity index (χ2n) is 5.00. The highest BCUT2D eigenvalue weighted by Crippen LogP contribution is 2.39. The fourth-order valence-electron chi connectivity index (χ4n) is 2.14. The molecule has 112 valence electrons. The Balaban J connectivity index is 2.32. The zero-order valence-electron chi connectivity index (χ0n) is 12.1. The lowest BCUT2D eigenvalue weighted by Gasteiger charge is -2.25. The van der Waals surface area contributed by atoms with E-state index in [0.717, 1.165) is 30.0 Å². The second kappa shape index (κ2) is 6.83. The van der Waals surface area contributed by atoms with Gasteiger partial charge in [-0.2, -0.15) is 0 Å². The minimum absolute atomic E-state index is 0.0668. The SMILES string of the molecule is COCCN(CCO)c1nc(C2CC2)nc(NN)c1C. The molecule has 4 N–H and O–H groups in total. The summed E-state index contributed by atoms with van der Waals surface area (Å²) in [4.78, 5) is 11.1. The summed E-state index contributed by atoms with van der Waals surface area (Å²) in [6.07, 6.45) is 2.26. The molecule has 1 aromatic rings. The van der Waals surface area contributed by atoms with Gasteiger partial charge >= 0.3 is 0 Å². The van der Waals surface area contributed by atoms with Gasteiger partial charge in [-0.1, -0.05) is 0 Å². The van der Waals surface area contributed by atoms with Gasteiger partial charge in [-0.05, 0) is 19.8 Å². The molecule has 0 radical (unpaired) electrons. The first-order valence-electron chi connectivity index (χ1n) is 6.91. The fraction of sp³-hybridized carbons (Fsp3) is 0.692. The van der Waals surface area contributed by atoms with Crippen molar-refractivity contribution in [3.8, 4) is 0 Å². The lowest BCUT2D eigenvalue weighted by atomic mass is 10.2. The number of nitrogen functional groups attached to an aromatic ring is 1. The molecular formula is C13H23N5O2. The van der Waals surface area contributed by atoms with Gasteiger partial charge in [0.1, 0.15) is 17.5 Å². The van der Waals surface area contributed by atoms with Crippen LogP contribution in [0.1, 0.15) is 30.1 Å². The molecule has 1 saturated carbocycles. The third-order valence-electron chi connectivity index (χ3n) is 3.45. The van der Waals surface area contributed by atoms with E-state index in [9.17, 15) is 5.11 Å². The number of hydrogen-bond donors (Lipinski definition) is 3. The molecular weight excluding hydrogens is 258 g/mol. The number of nitrogens with two attached hydrogens (primary N) is 1. The molecule has 1 aliphatic rings. The highest BCUT2D eigenvalue weighted by molar-refractivity contribution is 5.58. The van der Waals surface area contributed by atoms with E-state index in [-0.39, 0.29) is 6.61 Å². The highest BCUT2D eigenvalue weighted by atomic mass is 16.5. The molecule has 1 aromatic heterocycles. The maximum atomic E-state index is 9.24. The predicted octanol–water partition coefficient (Wildman–Crippen LogP) is 0.393. The number of hydrogen-bond acceptors (Lipinski definition) is 7. The predicted molar refractivity (Wildman–Crippen MR) is 77.7 cm³/mol. The summed E-state index contributed by atoms with van der Waals surface area (Å²) < 4.78 is 5.12. The van der Waals surface area contributed by atoms with Crippen LogP contribution in [0.2, 0.25) is 0 Å². The van der Waals surface area contributed by atoms with Crippen molar-refractivity contribution in [2.75, 3.05) is 43.7 Å². The number of hydrazine groups is 1. The lowest BCUT2D eigenvalue weighted by Crippen LogP contribution is -2.32. The summed E-state index contributed by atoms with van der Waals surface area (Å²) in [6, 6.07) is 0. The first-order valence-corrected chi connectivity index (χ1v) is 6.91. The van der Waals surface area contributed by atoms with Crippen molar-refractivity contribution < 1.29 is 9.84 Å². The number of rotatable bonds is 8. The van der Waals surface area contributed by atoms with Gasteiger partial charge in [0, 0.05) is 31.7 Å². The third-order valence-corrected chi connectivity index (χ3v) is 3.45. The van der Waals surface area contributed by atoms with Crippen molar-refractivity contribution in [1.29, 1.82) is 0 Å². The second-order valence-corrected chi connectivity index (χ2v) is 5.00. The van der Waals surface area contributed by atoms with Gasteiger partial charge in [0.2, 0.25) is 0 Å². The molecule has 0 saturated heterocycles. The Bertz CT molecular complexity index is 451. The first-order chi connectivity index (χ1) is 9.71. The zero-order chi connectivity index (χ0) is 14.5. The monoisotopic (exact) mass is 281 g/mol. The molecule has 0 bridgehead atoms. The smallest absolute Gasteiger partial charge is 0.148 e. The van der Waals surface area contributed by atoms with Crippen LogP contribution in [-0.4, -0.2) is 48.5 Å². The molecule has 1 aliphatic carbocycles.